The highest BCUT2D eigenvalue weighted by Crippen LogP contribution is 2.37. The van der Waals surface area contributed by atoms with E-state index in [2.05, 4.69) is 36.2 Å². The topological polar surface area (TPSA) is 45.1 Å². The first-order chi connectivity index (χ1) is 12.6. The highest BCUT2D eigenvalue weighted by atomic mass is 16.2. The number of carbonyl (C=O) groups is 2. The Morgan fingerprint density at radius 3 is 2.23 bits per heavy atom. The number of imide groups is 1. The van der Waals surface area contributed by atoms with Crippen molar-refractivity contribution < 1.29 is 14.5 Å². The van der Waals surface area contributed by atoms with Crippen molar-refractivity contribution >= 4 is 17.5 Å². The summed E-state index contributed by atoms with van der Waals surface area (Å²) in [5.74, 6) is 0.0700. The molecule has 26 heavy (non-hydrogen) atoms. The maximum absolute atomic E-state index is 12.7. The normalized spacial score (nSPS) is 27.1. The van der Waals surface area contributed by atoms with Crippen molar-refractivity contribution in [2.24, 2.45) is 11.8 Å². The van der Waals surface area contributed by atoms with Crippen LogP contribution < -0.4 is 9.80 Å². The van der Waals surface area contributed by atoms with Gasteiger partial charge in [-0.1, -0.05) is 31.0 Å². The summed E-state index contributed by atoms with van der Waals surface area (Å²) >= 11 is 0. The second kappa shape index (κ2) is 7.39. The monoisotopic (exact) mass is 356 g/mol. The number of likely N-dealkylation sites (tertiary alicyclic amines) is 1. The summed E-state index contributed by atoms with van der Waals surface area (Å²) in [6, 6.07) is 8.58. The molecule has 3 atom stereocenters. The van der Waals surface area contributed by atoms with Crippen LogP contribution in [0.15, 0.2) is 24.3 Å². The first-order valence-electron chi connectivity index (χ1n) is 10.1. The molecule has 0 aromatic heterocycles. The number of quaternary nitrogens is 1. The first kappa shape index (κ1) is 17.5. The van der Waals surface area contributed by atoms with E-state index >= 15 is 0 Å². The molecule has 4 rings (SSSR count). The lowest BCUT2D eigenvalue weighted by Crippen LogP contribution is -3.09. The number of rotatable bonds is 5. The van der Waals surface area contributed by atoms with Gasteiger partial charge >= 0.3 is 0 Å². The standard InChI is InChI=1S/C21H29N3O2/c1-22(14-16-8-2-5-11-19(16)23-12-6-7-13-23)15-24-20(25)17-9-3-4-10-18(17)21(24)26/h2,5,8,11,17-18H,3-4,6-7,9-10,12-15H2,1H3/p+1/t17-,18-/m0/s1. The molecule has 140 valence electrons. The van der Waals surface area contributed by atoms with Crippen molar-refractivity contribution in [2.45, 2.75) is 45.1 Å². The van der Waals surface area contributed by atoms with E-state index < -0.39 is 0 Å². The summed E-state index contributed by atoms with van der Waals surface area (Å²) in [6.07, 6.45) is 6.47. The molecule has 3 fully saturated rings. The zero-order valence-electron chi connectivity index (χ0n) is 15.7. The number of hydrogen-bond acceptors (Lipinski definition) is 3. The van der Waals surface area contributed by atoms with E-state index in [0.717, 1.165) is 45.3 Å². The number of anilines is 1. The summed E-state index contributed by atoms with van der Waals surface area (Å²) in [5.41, 5.74) is 2.63. The summed E-state index contributed by atoms with van der Waals surface area (Å²) in [7, 11) is 2.09. The molecule has 2 heterocycles. The van der Waals surface area contributed by atoms with Crippen molar-refractivity contribution in [2.75, 3.05) is 31.7 Å². The van der Waals surface area contributed by atoms with E-state index in [9.17, 15) is 9.59 Å². The Morgan fingerprint density at radius 2 is 1.58 bits per heavy atom. The molecule has 0 spiro atoms. The predicted molar refractivity (Wildman–Crippen MR) is 101 cm³/mol. The summed E-state index contributed by atoms with van der Waals surface area (Å²) in [5, 5.41) is 0. The quantitative estimate of drug-likeness (QED) is 0.812. The summed E-state index contributed by atoms with van der Waals surface area (Å²) < 4.78 is 0. The molecule has 0 radical (unpaired) electrons. The number of nitrogens with one attached hydrogen (secondary N) is 1. The lowest BCUT2D eigenvalue weighted by molar-refractivity contribution is -0.901. The van der Waals surface area contributed by atoms with Gasteiger partial charge in [0.15, 0.2) is 6.67 Å². The van der Waals surface area contributed by atoms with Crippen molar-refractivity contribution in [3.63, 3.8) is 0 Å². The van der Waals surface area contributed by atoms with Gasteiger partial charge in [0.25, 0.3) is 0 Å². The van der Waals surface area contributed by atoms with Gasteiger partial charge in [0.1, 0.15) is 6.54 Å². The van der Waals surface area contributed by atoms with Crippen LogP contribution in [0, 0.1) is 11.8 Å². The number of carbonyl (C=O) groups excluding carboxylic acids is 2. The van der Waals surface area contributed by atoms with Gasteiger partial charge in [0.05, 0.1) is 18.9 Å². The lowest BCUT2D eigenvalue weighted by Gasteiger charge is -2.24. The average molecular weight is 356 g/mol. The largest absolute Gasteiger partial charge is 0.371 e. The molecular formula is C21H30N3O2+. The van der Waals surface area contributed by atoms with E-state index in [0.29, 0.717) is 6.67 Å². The van der Waals surface area contributed by atoms with Crippen molar-refractivity contribution in [3.05, 3.63) is 29.8 Å². The number of amides is 2. The number of fused-ring (bicyclic) bond motifs is 1. The summed E-state index contributed by atoms with van der Waals surface area (Å²) in [4.78, 5) is 30.6. The van der Waals surface area contributed by atoms with E-state index in [4.69, 9.17) is 0 Å². The molecule has 1 saturated carbocycles. The minimum atomic E-state index is -0.0408. The Morgan fingerprint density at radius 1 is 0.962 bits per heavy atom. The summed E-state index contributed by atoms with van der Waals surface area (Å²) in [6.45, 7) is 3.57. The number of benzene rings is 1. The molecule has 2 amide bonds. The molecule has 2 saturated heterocycles. The molecule has 2 aliphatic heterocycles. The number of nitrogens with zero attached hydrogens (tertiary/aromatic N) is 2. The average Bonchev–Trinajstić information content (AvgIpc) is 3.26. The van der Waals surface area contributed by atoms with Gasteiger partial charge in [-0.2, -0.15) is 0 Å². The SMILES string of the molecule is C[NH+](Cc1ccccc1N1CCCC1)CN1C(=O)[C@H]2CCCC[C@@H]2C1=O. The van der Waals surface area contributed by atoms with Crippen LogP contribution in [-0.2, 0) is 16.1 Å². The highest BCUT2D eigenvalue weighted by molar-refractivity contribution is 6.05. The molecule has 1 unspecified atom stereocenters. The fourth-order valence-electron chi connectivity index (χ4n) is 4.96. The molecule has 1 aromatic rings. The zero-order valence-corrected chi connectivity index (χ0v) is 15.7. The maximum atomic E-state index is 12.7. The van der Waals surface area contributed by atoms with Crippen LogP contribution in [0.4, 0.5) is 5.69 Å². The van der Waals surface area contributed by atoms with Gasteiger partial charge in [-0.15, -0.1) is 0 Å². The van der Waals surface area contributed by atoms with Crippen LogP contribution in [-0.4, -0.2) is 43.5 Å². The molecule has 3 aliphatic rings. The lowest BCUT2D eigenvalue weighted by atomic mass is 9.81. The van der Waals surface area contributed by atoms with E-state index in [1.807, 2.05) is 0 Å². The van der Waals surface area contributed by atoms with Gasteiger partial charge in [0.2, 0.25) is 11.8 Å². The Hall–Kier alpha value is -1.88. The molecule has 1 N–H and O–H groups in total. The fraction of sp³-hybridized carbons (Fsp3) is 0.619. The van der Waals surface area contributed by atoms with Gasteiger partial charge in [-0.25, -0.2) is 4.90 Å². The molecule has 5 nitrogen and oxygen atoms in total. The van der Waals surface area contributed by atoms with Crippen molar-refractivity contribution in [1.82, 2.24) is 4.90 Å². The minimum Gasteiger partial charge on any atom is -0.371 e. The van der Waals surface area contributed by atoms with Crippen molar-refractivity contribution in [3.8, 4) is 0 Å². The van der Waals surface area contributed by atoms with Crippen LogP contribution in [0.5, 0.6) is 0 Å². The number of para-hydroxylation sites is 1. The fourth-order valence-corrected chi connectivity index (χ4v) is 4.96. The number of hydrogen-bond donors (Lipinski definition) is 1. The van der Waals surface area contributed by atoms with Crippen molar-refractivity contribution in [1.29, 1.82) is 0 Å². The van der Waals surface area contributed by atoms with E-state index in [1.54, 1.807) is 4.90 Å². The maximum Gasteiger partial charge on any atom is 0.237 e. The molecule has 1 aliphatic carbocycles. The third kappa shape index (κ3) is 3.25. The smallest absolute Gasteiger partial charge is 0.237 e. The van der Waals surface area contributed by atoms with Crippen LogP contribution in [0.1, 0.15) is 44.1 Å². The third-order valence-electron chi connectivity index (χ3n) is 6.29. The van der Waals surface area contributed by atoms with Crippen LogP contribution >= 0.6 is 0 Å². The predicted octanol–water partition coefficient (Wildman–Crippen LogP) is 1.43. The molecular weight excluding hydrogens is 326 g/mol. The van der Waals surface area contributed by atoms with Gasteiger partial charge in [-0.05, 0) is 31.7 Å². The first-order valence-corrected chi connectivity index (χ1v) is 10.1. The van der Waals surface area contributed by atoms with E-state index in [1.165, 1.54) is 29.0 Å². The van der Waals surface area contributed by atoms with Crippen LogP contribution in [0.2, 0.25) is 0 Å². The highest BCUT2D eigenvalue weighted by Gasteiger charge is 2.49. The Labute approximate surface area is 155 Å². The Kier molecular flexibility index (Phi) is 4.98. The van der Waals surface area contributed by atoms with Gasteiger partial charge in [-0.3, -0.25) is 9.59 Å². The Bertz CT molecular complexity index is 660. The van der Waals surface area contributed by atoms with Gasteiger partial charge < -0.3 is 9.80 Å². The zero-order chi connectivity index (χ0) is 18.1. The molecule has 1 aromatic carbocycles. The van der Waals surface area contributed by atoms with Gasteiger partial charge in [0, 0.05) is 24.3 Å². The van der Waals surface area contributed by atoms with Crippen LogP contribution in [0.3, 0.4) is 0 Å². The second-order valence-corrected chi connectivity index (χ2v) is 8.22. The Balaban J connectivity index is 1.44. The molecule has 5 heteroatoms. The third-order valence-corrected chi connectivity index (χ3v) is 6.29. The van der Waals surface area contributed by atoms with Crippen LogP contribution in [0.25, 0.3) is 0 Å². The second-order valence-electron chi connectivity index (χ2n) is 8.22. The minimum absolute atomic E-state index is 0.0408. The van der Waals surface area contributed by atoms with E-state index in [-0.39, 0.29) is 23.7 Å². The molecule has 0 bridgehead atoms.